The van der Waals surface area contributed by atoms with Crippen molar-refractivity contribution in [2.75, 3.05) is 13.6 Å². The van der Waals surface area contributed by atoms with E-state index >= 15 is 0 Å². The van der Waals surface area contributed by atoms with Gasteiger partial charge in [-0.15, -0.1) is 34.2 Å². The summed E-state index contributed by atoms with van der Waals surface area (Å²) in [5.74, 6) is 2.93. The number of aromatic nitrogens is 3. The smallest absolute Gasteiger partial charge is 0.191 e. The first kappa shape index (κ1) is 18.2. The Bertz CT molecular complexity index is 735. The first-order chi connectivity index (χ1) is 11.8. The topological polar surface area (TPSA) is 67.1 Å². The number of guanidine groups is 1. The van der Waals surface area contributed by atoms with Crippen LogP contribution in [0.2, 0.25) is 0 Å². The molecule has 0 atom stereocenters. The van der Waals surface area contributed by atoms with Crippen molar-refractivity contribution >= 4 is 29.9 Å². The second-order valence-corrected chi connectivity index (χ2v) is 6.71. The molecule has 1 aromatic carbocycles. The summed E-state index contributed by atoms with van der Waals surface area (Å²) in [6.45, 7) is 2.60. The van der Waals surface area contributed by atoms with Crippen LogP contribution in [0.4, 0.5) is 0 Å². The van der Waals surface area contributed by atoms with E-state index in [1.54, 1.807) is 0 Å². The van der Waals surface area contributed by atoms with Crippen molar-refractivity contribution < 1.29 is 0 Å². The molecule has 2 N–H and O–H groups in total. The van der Waals surface area contributed by atoms with E-state index in [-0.39, 0.29) is 29.4 Å². The molecule has 4 rings (SSSR count). The molecule has 1 fully saturated rings. The zero-order valence-corrected chi connectivity index (χ0v) is 16.9. The van der Waals surface area contributed by atoms with Crippen molar-refractivity contribution in [3.63, 3.8) is 0 Å². The van der Waals surface area contributed by atoms with E-state index in [4.69, 9.17) is 0 Å². The molecule has 1 aliphatic heterocycles. The third-order valence-electron chi connectivity index (χ3n) is 5.16. The molecule has 2 heterocycles. The van der Waals surface area contributed by atoms with Crippen LogP contribution >= 0.6 is 24.0 Å². The predicted molar refractivity (Wildman–Crippen MR) is 109 cm³/mol. The van der Waals surface area contributed by atoms with Crippen LogP contribution in [0.3, 0.4) is 0 Å². The minimum atomic E-state index is 0. The van der Waals surface area contributed by atoms with Gasteiger partial charge in [0.2, 0.25) is 0 Å². The minimum Gasteiger partial charge on any atom is -0.356 e. The number of benzene rings is 1. The fraction of sp³-hybridized carbons (Fsp3) is 0.500. The Balaban J connectivity index is 0.00000182. The average molecular weight is 452 g/mol. The van der Waals surface area contributed by atoms with E-state index in [2.05, 4.69) is 60.7 Å². The largest absolute Gasteiger partial charge is 0.356 e. The average Bonchev–Trinajstić information content (AvgIpc) is 3.10. The normalized spacial score (nSPS) is 17.6. The quantitative estimate of drug-likeness (QED) is 0.415. The van der Waals surface area contributed by atoms with E-state index in [1.807, 2.05) is 7.05 Å². The highest BCUT2D eigenvalue weighted by Gasteiger charge is 2.44. The standard InChI is InChI=1S/C18H24N6.HI/c1-19-17(20-12-16-23-22-15-8-5-11-24(15)16)21-13-18(9-10-18)14-6-3-2-4-7-14;/h2-4,6-7H,5,8-13H2,1H3,(H2,19,20,21);1H. The third kappa shape index (κ3) is 3.80. The molecule has 1 aromatic heterocycles. The van der Waals surface area contributed by atoms with Gasteiger partial charge in [-0.1, -0.05) is 30.3 Å². The second kappa shape index (κ2) is 7.72. The number of hydrogen-bond donors (Lipinski definition) is 2. The van der Waals surface area contributed by atoms with Gasteiger partial charge in [-0.3, -0.25) is 4.99 Å². The summed E-state index contributed by atoms with van der Waals surface area (Å²) in [5.41, 5.74) is 1.69. The number of aliphatic imine (C=N–C) groups is 1. The lowest BCUT2D eigenvalue weighted by atomic mass is 9.96. The number of aryl methyl sites for hydroxylation is 1. The fourth-order valence-corrected chi connectivity index (χ4v) is 3.49. The van der Waals surface area contributed by atoms with Crippen molar-refractivity contribution in [2.45, 2.75) is 44.2 Å². The molecule has 2 aliphatic rings. The van der Waals surface area contributed by atoms with E-state index < -0.39 is 0 Å². The molecule has 6 nitrogen and oxygen atoms in total. The molecule has 0 saturated heterocycles. The first-order valence-corrected chi connectivity index (χ1v) is 8.72. The third-order valence-corrected chi connectivity index (χ3v) is 5.16. The summed E-state index contributed by atoms with van der Waals surface area (Å²) in [4.78, 5) is 4.34. The molecule has 0 radical (unpaired) electrons. The Morgan fingerprint density at radius 3 is 2.72 bits per heavy atom. The van der Waals surface area contributed by atoms with Crippen LogP contribution in [0.15, 0.2) is 35.3 Å². The van der Waals surface area contributed by atoms with Gasteiger partial charge in [-0.2, -0.15) is 0 Å². The Morgan fingerprint density at radius 2 is 2.00 bits per heavy atom. The summed E-state index contributed by atoms with van der Waals surface area (Å²) in [6.07, 6.45) is 4.68. The molecule has 1 saturated carbocycles. The summed E-state index contributed by atoms with van der Waals surface area (Å²) in [5, 5.41) is 15.4. The highest BCUT2D eigenvalue weighted by Crippen LogP contribution is 2.47. The Kier molecular flexibility index (Phi) is 5.61. The second-order valence-electron chi connectivity index (χ2n) is 6.71. The minimum absolute atomic E-state index is 0. The number of fused-ring (bicyclic) bond motifs is 1. The van der Waals surface area contributed by atoms with Gasteiger partial charge in [0.1, 0.15) is 5.82 Å². The number of rotatable bonds is 5. The summed E-state index contributed by atoms with van der Waals surface area (Å²) < 4.78 is 2.21. The van der Waals surface area contributed by atoms with Crippen molar-refractivity contribution in [1.82, 2.24) is 25.4 Å². The maximum Gasteiger partial charge on any atom is 0.191 e. The highest BCUT2D eigenvalue weighted by atomic mass is 127. The molecular weight excluding hydrogens is 427 g/mol. The van der Waals surface area contributed by atoms with Gasteiger partial charge in [-0.25, -0.2) is 0 Å². The van der Waals surface area contributed by atoms with Gasteiger partial charge in [0.15, 0.2) is 11.8 Å². The molecule has 7 heteroatoms. The predicted octanol–water partition coefficient (Wildman–Crippen LogP) is 2.24. The summed E-state index contributed by atoms with van der Waals surface area (Å²) in [6, 6.07) is 10.8. The first-order valence-electron chi connectivity index (χ1n) is 8.72. The molecule has 0 amide bonds. The molecule has 0 unspecified atom stereocenters. The maximum atomic E-state index is 4.34. The van der Waals surface area contributed by atoms with Gasteiger partial charge in [0.05, 0.1) is 6.54 Å². The van der Waals surface area contributed by atoms with Crippen LogP contribution in [0.5, 0.6) is 0 Å². The Morgan fingerprint density at radius 1 is 1.20 bits per heavy atom. The number of nitrogens with zero attached hydrogens (tertiary/aromatic N) is 4. The molecule has 2 aromatic rings. The highest BCUT2D eigenvalue weighted by molar-refractivity contribution is 14.0. The zero-order valence-electron chi connectivity index (χ0n) is 14.5. The van der Waals surface area contributed by atoms with Crippen molar-refractivity contribution in [2.24, 2.45) is 4.99 Å². The van der Waals surface area contributed by atoms with Crippen molar-refractivity contribution in [1.29, 1.82) is 0 Å². The van der Waals surface area contributed by atoms with Crippen LogP contribution in [0.1, 0.15) is 36.5 Å². The monoisotopic (exact) mass is 452 g/mol. The molecule has 25 heavy (non-hydrogen) atoms. The molecule has 134 valence electrons. The van der Waals surface area contributed by atoms with Crippen LogP contribution in [-0.4, -0.2) is 34.3 Å². The SMILES string of the molecule is CN=C(NCc1nnc2n1CCC2)NCC1(c2ccccc2)CC1.I. The van der Waals surface area contributed by atoms with Gasteiger partial charge < -0.3 is 15.2 Å². The van der Waals surface area contributed by atoms with Crippen LogP contribution in [0.25, 0.3) is 0 Å². The van der Waals surface area contributed by atoms with Crippen molar-refractivity contribution in [3.05, 3.63) is 47.5 Å². The maximum absolute atomic E-state index is 4.34. The summed E-state index contributed by atoms with van der Waals surface area (Å²) >= 11 is 0. The lowest BCUT2D eigenvalue weighted by molar-refractivity contribution is 0.632. The van der Waals surface area contributed by atoms with E-state index in [9.17, 15) is 0 Å². The van der Waals surface area contributed by atoms with Crippen LogP contribution in [-0.2, 0) is 24.9 Å². The lowest BCUT2D eigenvalue weighted by Crippen LogP contribution is -2.41. The van der Waals surface area contributed by atoms with Gasteiger partial charge in [0.25, 0.3) is 0 Å². The van der Waals surface area contributed by atoms with E-state index in [0.717, 1.165) is 37.1 Å². The zero-order chi connectivity index (χ0) is 16.4. The van der Waals surface area contributed by atoms with Gasteiger partial charge >= 0.3 is 0 Å². The van der Waals surface area contributed by atoms with Crippen LogP contribution in [0, 0.1) is 0 Å². The molecule has 1 aliphatic carbocycles. The van der Waals surface area contributed by atoms with Crippen LogP contribution < -0.4 is 10.6 Å². The molecule has 0 spiro atoms. The fourth-order valence-electron chi connectivity index (χ4n) is 3.49. The van der Waals surface area contributed by atoms with E-state index in [1.165, 1.54) is 24.8 Å². The van der Waals surface area contributed by atoms with E-state index in [0.29, 0.717) is 6.54 Å². The molecule has 0 bridgehead atoms. The van der Waals surface area contributed by atoms with Gasteiger partial charge in [-0.05, 0) is 24.8 Å². The Labute approximate surface area is 165 Å². The number of hydrogen-bond acceptors (Lipinski definition) is 3. The van der Waals surface area contributed by atoms with Crippen molar-refractivity contribution in [3.8, 4) is 0 Å². The number of halogens is 1. The summed E-state index contributed by atoms with van der Waals surface area (Å²) in [7, 11) is 1.81. The van der Waals surface area contributed by atoms with Gasteiger partial charge in [0, 0.05) is 32.0 Å². The lowest BCUT2D eigenvalue weighted by Gasteiger charge is -2.19. The molecular formula is C18H25IN6. The number of nitrogens with one attached hydrogen (secondary N) is 2. The Hall–Kier alpha value is -1.64.